The third-order valence-corrected chi connectivity index (χ3v) is 4.54. The maximum atomic E-state index is 12.1. The van der Waals surface area contributed by atoms with Crippen LogP contribution in [0.25, 0.3) is 0 Å². The van der Waals surface area contributed by atoms with E-state index in [4.69, 9.17) is 4.74 Å². The van der Waals surface area contributed by atoms with Crippen LogP contribution in [0.15, 0.2) is 35.7 Å². The van der Waals surface area contributed by atoms with Crippen molar-refractivity contribution in [2.75, 3.05) is 17.8 Å². The van der Waals surface area contributed by atoms with Crippen molar-refractivity contribution in [2.45, 2.75) is 19.4 Å². The van der Waals surface area contributed by atoms with Crippen molar-refractivity contribution in [3.05, 3.63) is 35.7 Å². The number of sulfone groups is 1. The number of carbonyl (C=O) groups is 1. The van der Waals surface area contributed by atoms with Gasteiger partial charge in [-0.1, -0.05) is 6.92 Å². The summed E-state index contributed by atoms with van der Waals surface area (Å²) < 4.78 is 28.2. The number of carbonyl (C=O) groups excluding carboxylic acids is 1. The lowest BCUT2D eigenvalue weighted by Gasteiger charge is -2.27. The van der Waals surface area contributed by atoms with E-state index in [0.717, 1.165) is 0 Å². The Balaban J connectivity index is 2.33. The van der Waals surface area contributed by atoms with Crippen molar-refractivity contribution < 1.29 is 17.9 Å². The zero-order chi connectivity index (χ0) is 14.8. The summed E-state index contributed by atoms with van der Waals surface area (Å²) >= 11 is 0. The number of nitrogens with zero attached hydrogens (tertiary/aromatic N) is 1. The summed E-state index contributed by atoms with van der Waals surface area (Å²) in [5.41, 5.74) is 0.671. The highest BCUT2D eigenvalue weighted by Gasteiger charge is 2.30. The SMILES string of the molecule is CCC(=O)N(c1ccc(OC)cc1)[C@@H]1C=CS(=O)(=O)C1. The molecule has 2 rings (SSSR count). The minimum Gasteiger partial charge on any atom is -0.497 e. The van der Waals surface area contributed by atoms with Crippen LogP contribution < -0.4 is 9.64 Å². The first-order valence-corrected chi connectivity index (χ1v) is 8.05. The van der Waals surface area contributed by atoms with Crippen LogP contribution in [0.4, 0.5) is 5.69 Å². The Hall–Kier alpha value is -1.82. The number of rotatable bonds is 4. The summed E-state index contributed by atoms with van der Waals surface area (Å²) in [5.74, 6) is 0.513. The van der Waals surface area contributed by atoms with Crippen molar-refractivity contribution in [2.24, 2.45) is 0 Å². The monoisotopic (exact) mass is 295 g/mol. The molecule has 5 nitrogen and oxygen atoms in total. The number of anilines is 1. The highest BCUT2D eigenvalue weighted by atomic mass is 32.2. The Morgan fingerprint density at radius 1 is 1.35 bits per heavy atom. The highest BCUT2D eigenvalue weighted by Crippen LogP contribution is 2.25. The third-order valence-electron chi connectivity index (χ3n) is 3.16. The van der Waals surface area contributed by atoms with Crippen molar-refractivity contribution in [1.82, 2.24) is 0 Å². The predicted molar refractivity (Wildman–Crippen MR) is 77.5 cm³/mol. The molecule has 0 bridgehead atoms. The topological polar surface area (TPSA) is 63.7 Å². The van der Waals surface area contributed by atoms with Crippen LogP contribution in [0.3, 0.4) is 0 Å². The van der Waals surface area contributed by atoms with E-state index in [2.05, 4.69) is 0 Å². The van der Waals surface area contributed by atoms with Crippen LogP contribution in [0.2, 0.25) is 0 Å². The molecule has 1 aliphatic rings. The molecular weight excluding hydrogens is 278 g/mol. The number of amides is 1. The van der Waals surface area contributed by atoms with Gasteiger partial charge in [-0.25, -0.2) is 8.42 Å². The summed E-state index contributed by atoms with van der Waals surface area (Å²) in [6.45, 7) is 1.76. The second kappa shape index (κ2) is 5.66. The quantitative estimate of drug-likeness (QED) is 0.849. The molecule has 1 amide bonds. The van der Waals surface area contributed by atoms with Crippen LogP contribution in [0, 0.1) is 0 Å². The van der Waals surface area contributed by atoms with E-state index in [0.29, 0.717) is 17.9 Å². The first-order chi connectivity index (χ1) is 9.46. The van der Waals surface area contributed by atoms with Gasteiger partial charge in [0, 0.05) is 17.5 Å². The zero-order valence-electron chi connectivity index (χ0n) is 11.4. The molecule has 0 aromatic heterocycles. The van der Waals surface area contributed by atoms with E-state index < -0.39 is 15.9 Å². The van der Waals surface area contributed by atoms with E-state index in [9.17, 15) is 13.2 Å². The molecule has 0 N–H and O–H groups in total. The van der Waals surface area contributed by atoms with Gasteiger partial charge < -0.3 is 9.64 Å². The lowest BCUT2D eigenvalue weighted by molar-refractivity contribution is -0.118. The Bertz CT molecular complexity index is 619. The molecule has 108 valence electrons. The molecule has 0 saturated carbocycles. The van der Waals surface area contributed by atoms with Gasteiger partial charge in [0.2, 0.25) is 5.91 Å². The average Bonchev–Trinajstić information content (AvgIpc) is 2.79. The Labute approximate surface area is 118 Å². The number of hydrogen-bond donors (Lipinski definition) is 0. The minimum atomic E-state index is -3.20. The number of ether oxygens (including phenoxy) is 1. The average molecular weight is 295 g/mol. The largest absolute Gasteiger partial charge is 0.497 e. The van der Waals surface area contributed by atoms with Crippen LogP contribution >= 0.6 is 0 Å². The van der Waals surface area contributed by atoms with E-state index in [-0.39, 0.29) is 11.7 Å². The lowest BCUT2D eigenvalue weighted by Crippen LogP contribution is -2.40. The van der Waals surface area contributed by atoms with E-state index in [1.165, 1.54) is 10.3 Å². The standard InChI is InChI=1S/C14H17NO4S/c1-3-14(16)15(12-8-9-20(17,18)10-12)11-4-6-13(19-2)7-5-11/h4-9,12H,3,10H2,1-2H3/t12-/m1/s1. The van der Waals surface area contributed by atoms with Gasteiger partial charge in [-0.15, -0.1) is 0 Å². The van der Waals surface area contributed by atoms with Crippen molar-refractivity contribution in [3.8, 4) is 5.75 Å². The van der Waals surface area contributed by atoms with Gasteiger partial charge in [-0.05, 0) is 30.3 Å². The smallest absolute Gasteiger partial charge is 0.227 e. The van der Waals surface area contributed by atoms with Gasteiger partial charge >= 0.3 is 0 Å². The molecule has 1 aromatic rings. The van der Waals surface area contributed by atoms with Gasteiger partial charge in [0.15, 0.2) is 9.84 Å². The molecule has 0 spiro atoms. The van der Waals surface area contributed by atoms with Crippen molar-refractivity contribution in [3.63, 3.8) is 0 Å². The summed E-state index contributed by atoms with van der Waals surface area (Å²) in [7, 11) is -1.64. The first kappa shape index (κ1) is 14.6. The molecule has 1 atom stereocenters. The van der Waals surface area contributed by atoms with E-state index >= 15 is 0 Å². The van der Waals surface area contributed by atoms with E-state index in [1.54, 1.807) is 44.4 Å². The molecule has 0 fully saturated rings. The fourth-order valence-electron chi connectivity index (χ4n) is 2.15. The minimum absolute atomic E-state index is 0.0647. The van der Waals surface area contributed by atoms with Gasteiger partial charge in [0.05, 0.1) is 18.9 Å². The first-order valence-electron chi connectivity index (χ1n) is 6.34. The Kier molecular flexibility index (Phi) is 4.13. The summed E-state index contributed by atoms with van der Waals surface area (Å²) in [5, 5.41) is 1.18. The second-order valence-electron chi connectivity index (χ2n) is 4.54. The van der Waals surface area contributed by atoms with E-state index in [1.807, 2.05) is 0 Å². The number of benzene rings is 1. The van der Waals surface area contributed by atoms with Gasteiger partial charge in [0.1, 0.15) is 5.75 Å². The third kappa shape index (κ3) is 3.01. The molecule has 1 aliphatic heterocycles. The number of methoxy groups -OCH3 is 1. The van der Waals surface area contributed by atoms with Crippen LogP contribution in [0.1, 0.15) is 13.3 Å². The maximum absolute atomic E-state index is 12.1. The van der Waals surface area contributed by atoms with Gasteiger partial charge in [-0.3, -0.25) is 4.79 Å². The summed E-state index contributed by atoms with van der Waals surface area (Å²) in [6, 6.07) is 6.56. The highest BCUT2D eigenvalue weighted by molar-refractivity contribution is 7.94. The maximum Gasteiger partial charge on any atom is 0.227 e. The van der Waals surface area contributed by atoms with Crippen LogP contribution in [-0.2, 0) is 14.6 Å². The Morgan fingerprint density at radius 2 is 2.00 bits per heavy atom. The van der Waals surface area contributed by atoms with Crippen LogP contribution in [0.5, 0.6) is 5.75 Å². The number of hydrogen-bond acceptors (Lipinski definition) is 4. The van der Waals surface area contributed by atoms with Gasteiger partial charge in [0.25, 0.3) is 0 Å². The summed E-state index contributed by atoms with van der Waals surface area (Å²) in [6.07, 6.45) is 1.88. The van der Waals surface area contributed by atoms with Crippen LogP contribution in [-0.4, -0.2) is 33.2 Å². The second-order valence-corrected chi connectivity index (χ2v) is 6.47. The lowest BCUT2D eigenvalue weighted by atomic mass is 10.2. The molecule has 0 radical (unpaired) electrons. The summed E-state index contributed by atoms with van der Waals surface area (Å²) in [4.78, 5) is 13.7. The molecule has 20 heavy (non-hydrogen) atoms. The van der Waals surface area contributed by atoms with Crippen molar-refractivity contribution >= 4 is 21.4 Å². The molecular formula is C14H17NO4S. The Morgan fingerprint density at radius 3 is 2.45 bits per heavy atom. The normalized spacial score (nSPS) is 19.8. The fourth-order valence-corrected chi connectivity index (χ4v) is 3.42. The molecule has 6 heteroatoms. The molecule has 1 heterocycles. The zero-order valence-corrected chi connectivity index (χ0v) is 12.3. The predicted octanol–water partition coefficient (Wildman–Crippen LogP) is 1.75. The molecule has 0 aliphatic carbocycles. The fraction of sp³-hybridized carbons (Fsp3) is 0.357. The van der Waals surface area contributed by atoms with Crippen molar-refractivity contribution in [1.29, 1.82) is 0 Å². The van der Waals surface area contributed by atoms with Gasteiger partial charge in [-0.2, -0.15) is 0 Å². The molecule has 1 aromatic carbocycles. The molecule has 0 unspecified atom stereocenters. The molecule has 0 saturated heterocycles.